The molecule has 2 aromatic rings. The van der Waals surface area contributed by atoms with Gasteiger partial charge in [0.25, 0.3) is 0 Å². The van der Waals surface area contributed by atoms with E-state index < -0.39 is 61.1 Å². The van der Waals surface area contributed by atoms with Gasteiger partial charge in [-0.3, -0.25) is 4.39 Å². The second-order valence-corrected chi connectivity index (χ2v) is 7.58. The van der Waals surface area contributed by atoms with Gasteiger partial charge in [-0.25, -0.2) is 14.3 Å². The van der Waals surface area contributed by atoms with Crippen molar-refractivity contribution in [2.45, 2.75) is 43.2 Å². The maximum absolute atomic E-state index is 13.2. The van der Waals surface area contributed by atoms with Gasteiger partial charge in [-0.1, -0.05) is 25.1 Å². The van der Waals surface area contributed by atoms with Crippen molar-refractivity contribution in [2.75, 3.05) is 19.0 Å². The highest BCUT2D eigenvalue weighted by Crippen LogP contribution is 2.45. The molecular formula is C19H25FN4O8. The van der Waals surface area contributed by atoms with Gasteiger partial charge < -0.3 is 41.2 Å². The van der Waals surface area contributed by atoms with Crippen LogP contribution in [0.15, 0.2) is 35.3 Å². The molecule has 32 heavy (non-hydrogen) atoms. The van der Waals surface area contributed by atoms with E-state index in [-0.39, 0.29) is 26.5 Å². The van der Waals surface area contributed by atoms with Gasteiger partial charge in [0, 0.05) is 23.2 Å². The number of rotatable bonds is 7. The number of hydrogen-bond acceptors (Lipinski definition) is 11. The Labute approximate surface area is 181 Å². The average molecular weight is 456 g/mol. The number of aliphatic hydroxyl groups is 4. The fraction of sp³-hybridized carbons (Fsp3) is 0.474. The van der Waals surface area contributed by atoms with Crippen LogP contribution in [-0.2, 0) is 17.2 Å². The summed E-state index contributed by atoms with van der Waals surface area (Å²) in [6, 6.07) is 5.71. The van der Waals surface area contributed by atoms with Gasteiger partial charge in [0.15, 0.2) is 0 Å². The van der Waals surface area contributed by atoms with E-state index in [0.29, 0.717) is 0 Å². The summed E-state index contributed by atoms with van der Waals surface area (Å²) in [5, 5.41) is 63.6. The van der Waals surface area contributed by atoms with E-state index >= 15 is 0 Å². The van der Waals surface area contributed by atoms with Crippen LogP contribution in [0, 0.1) is 0 Å². The van der Waals surface area contributed by atoms with Crippen molar-refractivity contribution in [3.8, 4) is 5.75 Å². The summed E-state index contributed by atoms with van der Waals surface area (Å²) in [6.07, 6.45) is -2.87. The van der Waals surface area contributed by atoms with E-state index in [9.17, 15) is 39.9 Å². The number of phenols is 1. The molecule has 0 radical (unpaired) electrons. The molecule has 5 atom stereocenters. The van der Waals surface area contributed by atoms with Crippen LogP contribution < -0.4 is 11.4 Å². The number of hydrogen-bond donors (Lipinski definition) is 7. The first-order chi connectivity index (χ1) is 15.0. The lowest BCUT2D eigenvalue weighted by Gasteiger charge is -2.42. The number of anilines is 1. The number of para-hydroxylation sites is 1. The minimum atomic E-state index is -3.28. The summed E-state index contributed by atoms with van der Waals surface area (Å²) in [5.74, 6) is -4.96. The van der Waals surface area contributed by atoms with Crippen LogP contribution in [-0.4, -0.2) is 76.6 Å². The number of nitrogens with zero attached hydrogens (tertiary/aromatic N) is 3. The molecule has 13 heteroatoms. The molecule has 8 N–H and O–H groups in total. The number of nitrogens with two attached hydrogens (primary N) is 1. The molecule has 1 aliphatic rings. The Balaban J connectivity index is 2.19. The van der Waals surface area contributed by atoms with Gasteiger partial charge in [0.05, 0.1) is 19.8 Å². The Morgan fingerprint density at radius 2 is 2.03 bits per heavy atom. The topological polar surface area (TPSA) is 195 Å². The van der Waals surface area contributed by atoms with Crippen molar-refractivity contribution < 1.29 is 39.9 Å². The molecule has 1 saturated heterocycles. The van der Waals surface area contributed by atoms with E-state index in [1.165, 1.54) is 31.2 Å². The monoisotopic (exact) mass is 456 g/mol. The molecule has 176 valence electrons. The zero-order valence-corrected chi connectivity index (χ0v) is 17.0. The van der Waals surface area contributed by atoms with Crippen molar-refractivity contribution >= 4 is 5.82 Å². The summed E-state index contributed by atoms with van der Waals surface area (Å²) >= 11 is 0. The first-order valence-electron chi connectivity index (χ1n) is 9.61. The summed E-state index contributed by atoms with van der Waals surface area (Å²) in [4.78, 5) is 16.1. The van der Waals surface area contributed by atoms with Crippen molar-refractivity contribution in [3.05, 3.63) is 52.1 Å². The maximum atomic E-state index is 13.2. The van der Waals surface area contributed by atoms with Gasteiger partial charge in [0.2, 0.25) is 5.72 Å². The second kappa shape index (κ2) is 8.71. The lowest BCUT2D eigenvalue weighted by atomic mass is 9.99. The second-order valence-electron chi connectivity index (χ2n) is 7.58. The Kier molecular flexibility index (Phi) is 6.53. The van der Waals surface area contributed by atoms with Crippen molar-refractivity contribution in [3.63, 3.8) is 0 Å². The number of nitrogen functional groups attached to an aromatic ring is 1. The third-order valence-corrected chi connectivity index (χ3v) is 5.55. The molecule has 0 aliphatic carbocycles. The van der Waals surface area contributed by atoms with Gasteiger partial charge in [-0.05, 0) is 6.07 Å². The number of phenolic OH excluding ortho intramolecular Hbond substituents is 1. The Morgan fingerprint density at radius 3 is 2.62 bits per heavy atom. The molecule has 0 saturated carbocycles. The summed E-state index contributed by atoms with van der Waals surface area (Å²) in [6.45, 7) is -1.06. The van der Waals surface area contributed by atoms with E-state index in [0.717, 1.165) is 6.20 Å². The highest BCUT2D eigenvalue weighted by Gasteiger charge is 2.70. The minimum absolute atomic E-state index is 0.0152. The summed E-state index contributed by atoms with van der Waals surface area (Å²) < 4.78 is 18.7. The molecule has 1 aliphatic heterocycles. The molecule has 0 amide bonds. The summed E-state index contributed by atoms with van der Waals surface area (Å²) in [5.41, 5.74) is 1.59. The molecule has 1 unspecified atom stereocenters. The average Bonchev–Trinajstić information content (AvgIpc) is 2.96. The zero-order valence-electron chi connectivity index (χ0n) is 17.0. The lowest BCUT2D eigenvalue weighted by molar-refractivity contribution is -0.413. The lowest BCUT2D eigenvalue weighted by Crippen LogP contribution is -2.68. The predicted octanol–water partition coefficient (Wildman–Crippen LogP) is -1.46. The number of alkyl halides is 1. The van der Waals surface area contributed by atoms with E-state index in [1.54, 1.807) is 0 Å². The molecule has 0 bridgehead atoms. The number of ether oxygens (including phenoxy) is 1. The maximum Gasteiger partial charge on any atom is 0.353 e. The van der Waals surface area contributed by atoms with Crippen LogP contribution in [0.5, 0.6) is 5.75 Å². The van der Waals surface area contributed by atoms with Crippen molar-refractivity contribution in [1.82, 2.24) is 14.6 Å². The standard InChI is InChI=1S/C19H25FN4O8/c1-10(6-20)12-7-22-17(28)24(16(12)21)19(30)18(29,15(27)14(9-25)32-19)23(31)8-11-4-2-3-5-13(11)26/h2-5,7,10,14-15,25-27,29-31H,6,8-9,21H2,1H3/t10?,14-,15-,18-,19+/m1/s1. The number of benzene rings is 1. The van der Waals surface area contributed by atoms with E-state index in [2.05, 4.69) is 4.98 Å². The number of aliphatic hydroxyl groups excluding tert-OH is 2. The van der Waals surface area contributed by atoms with Gasteiger partial charge in [-0.15, -0.1) is 5.06 Å². The normalized spacial score (nSPS) is 28.9. The molecule has 1 aromatic carbocycles. The molecule has 2 heterocycles. The third-order valence-electron chi connectivity index (χ3n) is 5.55. The van der Waals surface area contributed by atoms with Crippen LogP contribution in [0.25, 0.3) is 0 Å². The first kappa shape index (κ1) is 24.0. The van der Waals surface area contributed by atoms with Crippen LogP contribution in [0.3, 0.4) is 0 Å². The van der Waals surface area contributed by atoms with Crippen LogP contribution in [0.1, 0.15) is 24.0 Å². The van der Waals surface area contributed by atoms with Crippen molar-refractivity contribution in [2.24, 2.45) is 0 Å². The van der Waals surface area contributed by atoms with Crippen LogP contribution in [0.2, 0.25) is 0 Å². The highest BCUT2D eigenvalue weighted by atomic mass is 19.1. The first-order valence-corrected chi connectivity index (χ1v) is 9.61. The molecular weight excluding hydrogens is 431 g/mol. The number of halogens is 1. The van der Waals surface area contributed by atoms with Gasteiger partial charge >= 0.3 is 11.6 Å². The van der Waals surface area contributed by atoms with Gasteiger partial charge in [0.1, 0.15) is 23.8 Å². The molecule has 0 spiro atoms. The van der Waals surface area contributed by atoms with Gasteiger partial charge in [-0.2, -0.15) is 0 Å². The Hall–Kier alpha value is -2.65. The fourth-order valence-corrected chi connectivity index (χ4v) is 3.65. The summed E-state index contributed by atoms with van der Waals surface area (Å²) in [7, 11) is 0. The van der Waals surface area contributed by atoms with Crippen LogP contribution in [0.4, 0.5) is 10.2 Å². The van der Waals surface area contributed by atoms with Crippen LogP contribution >= 0.6 is 0 Å². The zero-order chi connectivity index (χ0) is 23.8. The third kappa shape index (κ3) is 3.53. The number of aromatic nitrogens is 2. The molecule has 1 aromatic heterocycles. The predicted molar refractivity (Wildman–Crippen MR) is 106 cm³/mol. The fourth-order valence-electron chi connectivity index (χ4n) is 3.65. The SMILES string of the molecule is CC(CF)c1cnc(=O)n([C@@]2(O)O[C@H](CO)[C@@H](O)[C@]2(O)N(O)Cc2ccccc2O)c1N. The quantitative estimate of drug-likeness (QED) is 0.190. The molecule has 1 fully saturated rings. The number of aromatic hydroxyl groups is 1. The van der Waals surface area contributed by atoms with E-state index in [1.807, 2.05) is 0 Å². The van der Waals surface area contributed by atoms with Crippen molar-refractivity contribution in [1.29, 1.82) is 0 Å². The smallest absolute Gasteiger partial charge is 0.353 e. The van der Waals surface area contributed by atoms with E-state index in [4.69, 9.17) is 10.5 Å². The number of hydroxylamine groups is 2. The molecule has 3 rings (SSSR count). The highest BCUT2D eigenvalue weighted by molar-refractivity contribution is 5.42. The minimum Gasteiger partial charge on any atom is -0.508 e. The Bertz CT molecular complexity index is 1040. The largest absolute Gasteiger partial charge is 0.508 e. The molecule has 12 nitrogen and oxygen atoms in total. The Morgan fingerprint density at radius 1 is 1.38 bits per heavy atom.